The summed E-state index contributed by atoms with van der Waals surface area (Å²) >= 11 is 0. The van der Waals surface area contributed by atoms with Gasteiger partial charge in [0.1, 0.15) is 0 Å². The van der Waals surface area contributed by atoms with Crippen LogP contribution in [0.2, 0.25) is 0 Å². The highest BCUT2D eigenvalue weighted by Crippen LogP contribution is 2.28. The molecule has 7 nitrogen and oxygen atoms in total. The lowest BCUT2D eigenvalue weighted by Crippen LogP contribution is -2.54. The Bertz CT molecular complexity index is 608. The smallest absolute Gasteiger partial charge is 0.320 e. The molecule has 0 saturated carbocycles. The van der Waals surface area contributed by atoms with E-state index in [-0.39, 0.29) is 11.9 Å². The fraction of sp³-hybridized carbons (Fsp3) is 0.556. The van der Waals surface area contributed by atoms with Crippen molar-refractivity contribution in [3.63, 3.8) is 0 Å². The highest BCUT2D eigenvalue weighted by atomic mass is 16.5. The number of hydrogen-bond donors (Lipinski definition) is 0. The molecule has 0 atom stereocenters. The second-order valence-corrected chi connectivity index (χ2v) is 5.80. The number of hydrogen-bond acceptors (Lipinski definition) is 4. The van der Waals surface area contributed by atoms with Crippen molar-refractivity contribution in [2.45, 2.75) is 13.8 Å². The SMILES string of the molecule is CCN(CC)C(=O)N1CCN(C(=O)c2ccc(OC)c(OC)c2)CC1. The molecule has 0 spiro atoms. The minimum Gasteiger partial charge on any atom is -0.493 e. The molecule has 7 heteroatoms. The number of carbonyl (C=O) groups excluding carboxylic acids is 2. The van der Waals surface area contributed by atoms with Crippen LogP contribution < -0.4 is 9.47 Å². The third kappa shape index (κ3) is 4.15. The largest absolute Gasteiger partial charge is 0.493 e. The van der Waals surface area contributed by atoms with Crippen molar-refractivity contribution in [3.05, 3.63) is 23.8 Å². The van der Waals surface area contributed by atoms with Crippen LogP contribution in [0.5, 0.6) is 11.5 Å². The number of nitrogens with zero attached hydrogens (tertiary/aromatic N) is 3. The van der Waals surface area contributed by atoms with E-state index in [4.69, 9.17) is 9.47 Å². The van der Waals surface area contributed by atoms with E-state index in [9.17, 15) is 9.59 Å². The second kappa shape index (κ2) is 8.60. The van der Waals surface area contributed by atoms with Gasteiger partial charge in [0, 0.05) is 44.8 Å². The summed E-state index contributed by atoms with van der Waals surface area (Å²) in [5.74, 6) is 1.06. The minimum atomic E-state index is -0.0594. The maximum atomic E-state index is 12.7. The van der Waals surface area contributed by atoms with E-state index < -0.39 is 0 Å². The van der Waals surface area contributed by atoms with Crippen molar-refractivity contribution < 1.29 is 19.1 Å². The topological polar surface area (TPSA) is 62.3 Å². The summed E-state index contributed by atoms with van der Waals surface area (Å²) in [6.45, 7) is 7.49. The van der Waals surface area contributed by atoms with Gasteiger partial charge in [0.05, 0.1) is 14.2 Å². The monoisotopic (exact) mass is 349 g/mol. The van der Waals surface area contributed by atoms with Crippen LogP contribution >= 0.6 is 0 Å². The quantitative estimate of drug-likeness (QED) is 0.815. The fourth-order valence-corrected chi connectivity index (χ4v) is 2.95. The van der Waals surface area contributed by atoms with Crippen LogP contribution in [0, 0.1) is 0 Å². The number of carbonyl (C=O) groups is 2. The maximum Gasteiger partial charge on any atom is 0.320 e. The molecule has 3 amide bonds. The van der Waals surface area contributed by atoms with E-state index in [0.29, 0.717) is 56.3 Å². The standard InChI is InChI=1S/C18H27N3O4/c1-5-19(6-2)18(23)21-11-9-20(10-12-21)17(22)14-7-8-15(24-3)16(13-14)25-4/h7-8,13H,5-6,9-12H2,1-4H3. The first-order valence-electron chi connectivity index (χ1n) is 8.60. The Hall–Kier alpha value is -2.44. The molecule has 0 N–H and O–H groups in total. The van der Waals surface area contributed by atoms with Gasteiger partial charge in [-0.1, -0.05) is 0 Å². The molecule has 25 heavy (non-hydrogen) atoms. The van der Waals surface area contributed by atoms with E-state index in [1.165, 1.54) is 0 Å². The first-order valence-corrected chi connectivity index (χ1v) is 8.60. The van der Waals surface area contributed by atoms with Gasteiger partial charge in [-0.05, 0) is 32.0 Å². The van der Waals surface area contributed by atoms with Crippen molar-refractivity contribution in [3.8, 4) is 11.5 Å². The number of benzene rings is 1. The lowest BCUT2D eigenvalue weighted by Gasteiger charge is -2.37. The Morgan fingerprint density at radius 2 is 1.52 bits per heavy atom. The lowest BCUT2D eigenvalue weighted by atomic mass is 10.1. The van der Waals surface area contributed by atoms with Crippen molar-refractivity contribution in [2.24, 2.45) is 0 Å². The minimum absolute atomic E-state index is 0.0446. The zero-order chi connectivity index (χ0) is 18.4. The summed E-state index contributed by atoms with van der Waals surface area (Å²) in [7, 11) is 3.11. The molecule has 1 fully saturated rings. The van der Waals surface area contributed by atoms with Crippen LogP contribution in [0.4, 0.5) is 4.79 Å². The van der Waals surface area contributed by atoms with Gasteiger partial charge in [0.15, 0.2) is 11.5 Å². The fourth-order valence-electron chi connectivity index (χ4n) is 2.95. The van der Waals surface area contributed by atoms with Crippen LogP contribution in [0.3, 0.4) is 0 Å². The van der Waals surface area contributed by atoms with Crippen LogP contribution in [-0.2, 0) is 0 Å². The number of urea groups is 1. The average molecular weight is 349 g/mol. The molecule has 0 unspecified atom stereocenters. The number of rotatable bonds is 5. The summed E-state index contributed by atoms with van der Waals surface area (Å²) in [6, 6.07) is 5.20. The number of methoxy groups -OCH3 is 2. The molecule has 1 aromatic carbocycles. The molecule has 1 aromatic rings. The lowest BCUT2D eigenvalue weighted by molar-refractivity contribution is 0.0641. The van der Waals surface area contributed by atoms with E-state index in [1.807, 2.05) is 18.7 Å². The van der Waals surface area contributed by atoms with E-state index in [2.05, 4.69) is 0 Å². The van der Waals surface area contributed by atoms with Gasteiger partial charge < -0.3 is 24.2 Å². The van der Waals surface area contributed by atoms with E-state index in [0.717, 1.165) is 0 Å². The Kier molecular flexibility index (Phi) is 6.50. The molecule has 1 aliphatic heterocycles. The van der Waals surface area contributed by atoms with Gasteiger partial charge in [-0.25, -0.2) is 4.79 Å². The van der Waals surface area contributed by atoms with Gasteiger partial charge >= 0.3 is 6.03 Å². The van der Waals surface area contributed by atoms with Crippen LogP contribution in [0.1, 0.15) is 24.2 Å². The Labute approximate surface area is 149 Å². The molecular weight excluding hydrogens is 322 g/mol. The number of piperazine rings is 1. The third-order valence-electron chi connectivity index (χ3n) is 4.50. The third-order valence-corrected chi connectivity index (χ3v) is 4.50. The van der Waals surface area contributed by atoms with Gasteiger partial charge in [0.2, 0.25) is 0 Å². The Balaban J connectivity index is 2.01. The average Bonchev–Trinajstić information content (AvgIpc) is 2.67. The van der Waals surface area contributed by atoms with Gasteiger partial charge in [-0.2, -0.15) is 0 Å². The maximum absolute atomic E-state index is 12.7. The van der Waals surface area contributed by atoms with E-state index in [1.54, 1.807) is 42.2 Å². The first kappa shape index (κ1) is 18.9. The molecule has 1 aliphatic rings. The predicted molar refractivity (Wildman–Crippen MR) is 95.3 cm³/mol. The summed E-state index contributed by atoms with van der Waals surface area (Å²) in [6.07, 6.45) is 0. The molecule has 0 aromatic heterocycles. The zero-order valence-electron chi connectivity index (χ0n) is 15.4. The Morgan fingerprint density at radius 3 is 2.04 bits per heavy atom. The molecule has 2 rings (SSSR count). The molecule has 1 heterocycles. The van der Waals surface area contributed by atoms with Crippen molar-refractivity contribution >= 4 is 11.9 Å². The first-order chi connectivity index (χ1) is 12.0. The molecule has 1 saturated heterocycles. The summed E-state index contributed by atoms with van der Waals surface area (Å²) in [5.41, 5.74) is 0.557. The van der Waals surface area contributed by atoms with Crippen LogP contribution in [0.15, 0.2) is 18.2 Å². The van der Waals surface area contributed by atoms with Crippen LogP contribution in [-0.4, -0.2) is 80.1 Å². The van der Waals surface area contributed by atoms with Crippen molar-refractivity contribution in [2.75, 3.05) is 53.5 Å². The van der Waals surface area contributed by atoms with E-state index >= 15 is 0 Å². The zero-order valence-corrected chi connectivity index (χ0v) is 15.4. The normalized spacial score (nSPS) is 14.2. The summed E-state index contributed by atoms with van der Waals surface area (Å²) < 4.78 is 10.5. The Morgan fingerprint density at radius 1 is 0.960 bits per heavy atom. The molecule has 0 radical (unpaired) electrons. The van der Waals surface area contributed by atoms with Gasteiger partial charge in [-0.15, -0.1) is 0 Å². The molecule has 0 aliphatic carbocycles. The summed E-state index contributed by atoms with van der Waals surface area (Å²) in [4.78, 5) is 30.5. The van der Waals surface area contributed by atoms with Crippen molar-refractivity contribution in [1.29, 1.82) is 0 Å². The second-order valence-electron chi connectivity index (χ2n) is 5.80. The summed E-state index contributed by atoms with van der Waals surface area (Å²) in [5, 5.41) is 0. The van der Waals surface area contributed by atoms with Gasteiger partial charge in [-0.3, -0.25) is 4.79 Å². The highest BCUT2D eigenvalue weighted by molar-refractivity contribution is 5.95. The number of ether oxygens (including phenoxy) is 2. The number of amides is 3. The highest BCUT2D eigenvalue weighted by Gasteiger charge is 2.27. The molecule has 138 valence electrons. The predicted octanol–water partition coefficient (Wildman–Crippen LogP) is 1.92. The van der Waals surface area contributed by atoms with Gasteiger partial charge in [0.25, 0.3) is 5.91 Å². The molecule has 0 bridgehead atoms. The molecular formula is C18H27N3O4. The van der Waals surface area contributed by atoms with Crippen molar-refractivity contribution in [1.82, 2.24) is 14.7 Å². The van der Waals surface area contributed by atoms with Crippen LogP contribution in [0.25, 0.3) is 0 Å².